The van der Waals surface area contributed by atoms with Gasteiger partial charge in [-0.15, -0.1) is 0 Å². The minimum atomic E-state index is -0.533. The zero-order chi connectivity index (χ0) is 25.0. The highest BCUT2D eigenvalue weighted by molar-refractivity contribution is 5.94. The third kappa shape index (κ3) is 7.92. The van der Waals surface area contributed by atoms with Gasteiger partial charge in [0, 0.05) is 18.6 Å². The van der Waals surface area contributed by atoms with Gasteiger partial charge in [0.2, 0.25) is 5.91 Å². The van der Waals surface area contributed by atoms with Crippen LogP contribution >= 0.6 is 0 Å². The molecule has 0 fully saturated rings. The van der Waals surface area contributed by atoms with Gasteiger partial charge in [-0.2, -0.15) is 0 Å². The fraction of sp³-hybridized carbons (Fsp3) is 0.259. The fourth-order valence-electron chi connectivity index (χ4n) is 3.54. The lowest BCUT2D eigenvalue weighted by Gasteiger charge is -2.21. The Morgan fingerprint density at radius 2 is 1.63 bits per heavy atom. The molecule has 0 aromatic heterocycles. The third-order valence-electron chi connectivity index (χ3n) is 5.34. The van der Waals surface area contributed by atoms with Gasteiger partial charge in [-0.3, -0.25) is 14.8 Å². The average molecular weight is 479 g/mol. The summed E-state index contributed by atoms with van der Waals surface area (Å²) in [5.74, 6) is -0.0898. The summed E-state index contributed by atoms with van der Waals surface area (Å²) < 4.78 is 16.2. The maximum absolute atomic E-state index is 12.8. The lowest BCUT2D eigenvalue weighted by atomic mass is 10.0. The van der Waals surface area contributed by atoms with Gasteiger partial charge in [-0.05, 0) is 53.9 Å². The van der Waals surface area contributed by atoms with Crippen molar-refractivity contribution < 1.29 is 29.0 Å². The van der Waals surface area contributed by atoms with E-state index in [1.54, 1.807) is 36.7 Å². The highest BCUT2D eigenvalue weighted by Gasteiger charge is 2.21. The van der Waals surface area contributed by atoms with Gasteiger partial charge < -0.3 is 19.5 Å². The first kappa shape index (κ1) is 25.9. The molecule has 8 heteroatoms. The molecule has 0 aliphatic carbocycles. The highest BCUT2D eigenvalue weighted by atomic mass is 16.7. The summed E-state index contributed by atoms with van der Waals surface area (Å²) in [6.07, 6.45) is 0.279. The molecular formula is C27H30N2O6. The number of nitrogens with one attached hydrogen (secondary N) is 2. The van der Waals surface area contributed by atoms with Crippen molar-refractivity contribution in [1.29, 1.82) is 0 Å². The molecule has 3 aromatic carbocycles. The van der Waals surface area contributed by atoms with Gasteiger partial charge in [0.05, 0.1) is 12.6 Å². The van der Waals surface area contributed by atoms with Crippen LogP contribution in [0.2, 0.25) is 0 Å². The molecule has 2 amide bonds. The van der Waals surface area contributed by atoms with Crippen LogP contribution in [0.25, 0.3) is 11.1 Å². The minimum Gasteiger partial charge on any atom is -0.457 e. The van der Waals surface area contributed by atoms with Crippen LogP contribution in [0.4, 0.5) is 0 Å². The molecule has 184 valence electrons. The van der Waals surface area contributed by atoms with Gasteiger partial charge in [0.1, 0.15) is 18.3 Å². The van der Waals surface area contributed by atoms with Crippen LogP contribution in [-0.4, -0.2) is 43.6 Å². The summed E-state index contributed by atoms with van der Waals surface area (Å²) in [5, 5.41) is 11.7. The van der Waals surface area contributed by atoms with Crippen molar-refractivity contribution in [1.82, 2.24) is 10.8 Å². The lowest BCUT2D eigenvalue weighted by molar-refractivity contribution is -0.133. The average Bonchev–Trinajstić information content (AvgIpc) is 2.89. The van der Waals surface area contributed by atoms with Crippen LogP contribution in [-0.2, 0) is 14.3 Å². The van der Waals surface area contributed by atoms with Crippen molar-refractivity contribution >= 4 is 11.8 Å². The Hall–Kier alpha value is -3.72. The molecule has 3 aromatic rings. The van der Waals surface area contributed by atoms with Crippen LogP contribution in [0, 0.1) is 5.92 Å². The Balaban J connectivity index is 1.63. The summed E-state index contributed by atoms with van der Waals surface area (Å²) in [4.78, 5) is 24.5. The topological polar surface area (TPSA) is 106 Å². The van der Waals surface area contributed by atoms with Gasteiger partial charge in [-0.1, -0.05) is 49.4 Å². The number of rotatable bonds is 12. The first-order chi connectivity index (χ1) is 17.0. The Morgan fingerprint density at radius 3 is 2.31 bits per heavy atom. The maximum Gasteiger partial charge on any atom is 0.251 e. The highest BCUT2D eigenvalue weighted by Crippen LogP contribution is 2.27. The molecule has 3 rings (SSSR count). The molecule has 0 saturated carbocycles. The number of amides is 2. The second kappa shape index (κ2) is 13.2. The molecule has 0 heterocycles. The van der Waals surface area contributed by atoms with Gasteiger partial charge >= 0.3 is 0 Å². The van der Waals surface area contributed by atoms with E-state index < -0.39 is 17.9 Å². The maximum atomic E-state index is 12.8. The van der Waals surface area contributed by atoms with Gasteiger partial charge in [-0.25, -0.2) is 5.48 Å². The van der Waals surface area contributed by atoms with E-state index in [0.29, 0.717) is 17.1 Å². The van der Waals surface area contributed by atoms with E-state index in [2.05, 4.69) is 5.32 Å². The van der Waals surface area contributed by atoms with Crippen LogP contribution in [0.15, 0.2) is 78.9 Å². The normalized spacial score (nSPS) is 12.4. The van der Waals surface area contributed by atoms with Crippen molar-refractivity contribution in [3.8, 4) is 22.6 Å². The zero-order valence-corrected chi connectivity index (χ0v) is 19.8. The first-order valence-corrected chi connectivity index (χ1v) is 11.2. The predicted molar refractivity (Wildman–Crippen MR) is 131 cm³/mol. The number of ether oxygens (including phenoxy) is 3. The van der Waals surface area contributed by atoms with Crippen molar-refractivity contribution in [2.45, 2.75) is 19.4 Å². The molecule has 35 heavy (non-hydrogen) atoms. The van der Waals surface area contributed by atoms with E-state index in [9.17, 15) is 9.59 Å². The number of carbonyl (C=O) groups is 2. The number of hydrogen-bond donors (Lipinski definition) is 3. The van der Waals surface area contributed by atoms with Crippen LogP contribution in [0.1, 0.15) is 23.7 Å². The number of carbonyl (C=O) groups excluding carboxylic acids is 2. The van der Waals surface area contributed by atoms with E-state index >= 15 is 0 Å². The largest absolute Gasteiger partial charge is 0.457 e. The second-order valence-electron chi connectivity index (χ2n) is 8.08. The first-order valence-electron chi connectivity index (χ1n) is 11.2. The van der Waals surface area contributed by atoms with Crippen molar-refractivity contribution in [3.05, 3.63) is 84.4 Å². The molecule has 0 spiro atoms. The SMILES string of the molecule is COCOCC(CC(C)C(=O)NO)NC(=O)c1ccc(Oc2cccc(-c3ccccc3)c2)cc1. The van der Waals surface area contributed by atoms with E-state index in [-0.39, 0.29) is 25.7 Å². The molecule has 8 nitrogen and oxygen atoms in total. The molecular weight excluding hydrogens is 448 g/mol. The quantitative estimate of drug-likeness (QED) is 0.154. The molecule has 2 unspecified atom stereocenters. The van der Waals surface area contributed by atoms with Crippen molar-refractivity contribution in [2.24, 2.45) is 5.92 Å². The van der Waals surface area contributed by atoms with E-state index in [4.69, 9.17) is 19.4 Å². The Kier molecular flexibility index (Phi) is 9.80. The van der Waals surface area contributed by atoms with Gasteiger partial charge in [0.25, 0.3) is 5.91 Å². The summed E-state index contributed by atoms with van der Waals surface area (Å²) in [6, 6.07) is 24.2. The number of benzene rings is 3. The van der Waals surface area contributed by atoms with Crippen LogP contribution < -0.4 is 15.5 Å². The van der Waals surface area contributed by atoms with E-state index in [1.165, 1.54) is 7.11 Å². The van der Waals surface area contributed by atoms with E-state index in [0.717, 1.165) is 11.1 Å². The van der Waals surface area contributed by atoms with E-state index in [1.807, 2.05) is 54.6 Å². The molecule has 0 aliphatic heterocycles. The molecule has 0 bridgehead atoms. The number of methoxy groups -OCH3 is 1. The Bertz CT molecular complexity index is 1090. The molecule has 0 radical (unpaired) electrons. The zero-order valence-electron chi connectivity index (χ0n) is 19.8. The Morgan fingerprint density at radius 1 is 0.914 bits per heavy atom. The second-order valence-corrected chi connectivity index (χ2v) is 8.08. The lowest BCUT2D eigenvalue weighted by Crippen LogP contribution is -2.41. The van der Waals surface area contributed by atoms with Crippen molar-refractivity contribution in [3.63, 3.8) is 0 Å². The number of hydrogen-bond acceptors (Lipinski definition) is 6. The van der Waals surface area contributed by atoms with Crippen molar-refractivity contribution in [2.75, 3.05) is 20.5 Å². The molecule has 0 saturated heterocycles. The van der Waals surface area contributed by atoms with Gasteiger partial charge in [0.15, 0.2) is 0 Å². The molecule has 3 N–H and O–H groups in total. The molecule has 0 aliphatic rings. The minimum absolute atomic E-state index is 0.0600. The summed E-state index contributed by atoms with van der Waals surface area (Å²) in [6.45, 7) is 1.87. The predicted octanol–water partition coefficient (Wildman–Crippen LogP) is 4.40. The fourth-order valence-corrected chi connectivity index (χ4v) is 3.54. The summed E-state index contributed by atoms with van der Waals surface area (Å²) in [7, 11) is 1.50. The monoisotopic (exact) mass is 478 g/mol. The van der Waals surface area contributed by atoms with Crippen LogP contribution in [0.5, 0.6) is 11.5 Å². The third-order valence-corrected chi connectivity index (χ3v) is 5.34. The Labute approximate surface area is 204 Å². The molecule has 2 atom stereocenters. The summed E-state index contributed by atoms with van der Waals surface area (Å²) >= 11 is 0. The smallest absolute Gasteiger partial charge is 0.251 e. The summed E-state index contributed by atoms with van der Waals surface area (Å²) in [5.41, 5.74) is 4.21. The van der Waals surface area contributed by atoms with Crippen LogP contribution in [0.3, 0.4) is 0 Å². The number of hydroxylamine groups is 1. The standard InChI is InChI=1S/C27H30N2O6/c1-19(26(30)29-32)15-23(17-34-18-33-2)28-27(31)21-11-13-24(14-12-21)35-25-10-6-9-22(16-25)20-7-4-3-5-8-20/h3-14,16,19,23,32H,15,17-18H2,1-2H3,(H,28,31)(H,29,30).